The number of hydrogen-bond donors (Lipinski definition) is 0. The van der Waals surface area contributed by atoms with E-state index >= 15 is 0 Å². The summed E-state index contributed by atoms with van der Waals surface area (Å²) < 4.78 is 84.3. The van der Waals surface area contributed by atoms with E-state index in [1.807, 2.05) is 125 Å². The molecular formula is C65H61IrN3O-2. The molecule has 11 rings (SSSR count). The van der Waals surface area contributed by atoms with Gasteiger partial charge in [-0.05, 0) is 126 Å². The molecule has 8 aromatic carbocycles. The van der Waals surface area contributed by atoms with Crippen LogP contribution >= 0.6 is 0 Å². The van der Waals surface area contributed by atoms with Gasteiger partial charge in [0, 0.05) is 49.7 Å². The first kappa shape index (κ1) is 38.1. The Morgan fingerprint density at radius 1 is 0.643 bits per heavy atom. The van der Waals surface area contributed by atoms with Gasteiger partial charge < -0.3 is 14.0 Å². The molecule has 4 nitrogen and oxygen atoms in total. The molecule has 3 heterocycles. The zero-order valence-electron chi connectivity index (χ0n) is 50.0. The first-order valence-corrected chi connectivity index (χ1v) is 23.5. The van der Waals surface area contributed by atoms with E-state index < -0.39 is 31.4 Å². The van der Waals surface area contributed by atoms with Crippen molar-refractivity contribution in [3.8, 4) is 39.5 Å². The standard InChI is InChI=1S/C46H37N2O.C19H24N.Ir/c1-27(2)37-24-33(30-14-7-6-8-15-30)25-38(28(3)4)44(37)48-43-29(5)13-11-20-41(43)47-46(48)36-19-12-18-35-40-23-32-22-21-31-16-9-10-17-34(31)39(32)26-42(40)49-45(35)36;1-13(2)16-12-20-18(11-17(16)19(4,5)6)15-9-7-14(3)8-10-15;/h6-18,20-28H,1-5H3;7-9,11-13H,1-6H3;/q2*-1;/i5D3,27D,28D;3D3,13D;. The maximum Gasteiger partial charge on any atom is 0.121 e. The summed E-state index contributed by atoms with van der Waals surface area (Å²) in [5.41, 5.74) is 10.1. The molecule has 5 heteroatoms. The van der Waals surface area contributed by atoms with E-state index in [-0.39, 0.29) is 36.6 Å². The van der Waals surface area contributed by atoms with Gasteiger partial charge in [0.25, 0.3) is 0 Å². The Balaban J connectivity index is 0.000000255. The number of furan rings is 1. The summed E-state index contributed by atoms with van der Waals surface area (Å²) in [5, 5.41) is 6.29. The van der Waals surface area contributed by atoms with Crippen LogP contribution in [0.5, 0.6) is 0 Å². The number of benzene rings is 8. The van der Waals surface area contributed by atoms with Crippen molar-refractivity contribution in [2.75, 3.05) is 0 Å². The average molecular weight is 1100 g/mol. The molecule has 1 radical (unpaired) electrons. The van der Waals surface area contributed by atoms with Gasteiger partial charge in [0.2, 0.25) is 0 Å². The Hall–Kier alpha value is -6.65. The van der Waals surface area contributed by atoms with Gasteiger partial charge in [-0.15, -0.1) is 53.6 Å². The first-order valence-electron chi connectivity index (χ1n) is 28.0. The van der Waals surface area contributed by atoms with E-state index in [0.29, 0.717) is 50.4 Å². The van der Waals surface area contributed by atoms with Gasteiger partial charge in [-0.3, -0.25) is 4.98 Å². The quantitative estimate of drug-likeness (QED) is 0.118. The summed E-state index contributed by atoms with van der Waals surface area (Å²) >= 11 is 0. The summed E-state index contributed by atoms with van der Waals surface area (Å²) in [5.74, 6) is -2.64. The van der Waals surface area contributed by atoms with Gasteiger partial charge >= 0.3 is 0 Å². The Morgan fingerprint density at radius 3 is 2.06 bits per heavy atom. The minimum absolute atomic E-state index is 0. The zero-order chi connectivity index (χ0) is 56.1. The van der Waals surface area contributed by atoms with Crippen molar-refractivity contribution in [3.05, 3.63) is 197 Å². The molecule has 353 valence electrons. The van der Waals surface area contributed by atoms with Crippen LogP contribution in [0.25, 0.3) is 94.0 Å². The fraction of sp³-hybridized carbons (Fsp3) is 0.231. The Morgan fingerprint density at radius 2 is 1.37 bits per heavy atom. The SMILES string of the molecule is [2H]C([2H])([2H])c1c[c-]c(-c2cc(C(C)(C)C)c(C([2H])(C)C)cn2)cc1.[2H]C([2H])([2H])c1cccc2nc(-c3[c-]ccc4c3oc3cc5c(ccc6ccccc65)cc34)n(-c3c(C([2H])(C)C)cc(-c4ccccc4)cc3C([2H])(C)C)c12.[Ir]. The second-order valence-electron chi connectivity index (χ2n) is 19.6. The molecule has 0 unspecified atom stereocenters. The summed E-state index contributed by atoms with van der Waals surface area (Å²) in [7, 11) is 0. The molecule has 0 aliphatic carbocycles. The first-order chi connectivity index (χ1) is 36.5. The van der Waals surface area contributed by atoms with E-state index in [9.17, 15) is 2.74 Å². The van der Waals surface area contributed by atoms with Crippen LogP contribution in [0.3, 0.4) is 0 Å². The molecule has 0 bridgehead atoms. The van der Waals surface area contributed by atoms with Gasteiger partial charge in [-0.2, -0.15) is 0 Å². The maximum atomic E-state index is 9.54. The number of aromatic nitrogens is 3. The molecule has 11 aromatic rings. The van der Waals surface area contributed by atoms with Crippen LogP contribution in [0.15, 0.2) is 156 Å². The molecule has 0 aliphatic heterocycles. The molecule has 70 heavy (non-hydrogen) atoms. The van der Waals surface area contributed by atoms with Crippen LogP contribution in [0, 0.1) is 25.8 Å². The van der Waals surface area contributed by atoms with Crippen molar-refractivity contribution in [1.82, 2.24) is 14.5 Å². The van der Waals surface area contributed by atoms with Gasteiger partial charge in [0.15, 0.2) is 0 Å². The van der Waals surface area contributed by atoms with E-state index in [0.717, 1.165) is 65.8 Å². The van der Waals surface area contributed by atoms with Crippen molar-refractivity contribution < 1.29 is 36.9 Å². The third-order valence-electron chi connectivity index (χ3n) is 13.1. The molecule has 0 N–H and O–H groups in total. The van der Waals surface area contributed by atoms with Gasteiger partial charge in [-0.1, -0.05) is 165 Å². The molecule has 0 aliphatic rings. The summed E-state index contributed by atoms with van der Waals surface area (Å²) in [6.45, 7) is 12.7. The second-order valence-corrected chi connectivity index (χ2v) is 19.6. The van der Waals surface area contributed by atoms with E-state index in [1.54, 1.807) is 30.5 Å². The largest absolute Gasteiger partial charge is 0.501 e. The van der Waals surface area contributed by atoms with E-state index in [1.165, 1.54) is 6.07 Å². The monoisotopic (exact) mass is 1100 g/mol. The molecule has 3 aromatic heterocycles. The number of hydrogen-bond acceptors (Lipinski definition) is 3. The zero-order valence-corrected chi connectivity index (χ0v) is 43.4. The summed E-state index contributed by atoms with van der Waals surface area (Å²) in [4.78, 5) is 9.67. The molecular weight excluding hydrogens is 1030 g/mol. The van der Waals surface area contributed by atoms with Crippen molar-refractivity contribution in [3.63, 3.8) is 0 Å². The maximum absolute atomic E-state index is 9.54. The fourth-order valence-corrected chi connectivity index (χ4v) is 9.56. The topological polar surface area (TPSA) is 43.9 Å². The average Bonchev–Trinajstić information content (AvgIpc) is 4.05. The van der Waals surface area contributed by atoms with E-state index in [4.69, 9.17) is 19.0 Å². The molecule has 0 amide bonds. The smallest absolute Gasteiger partial charge is 0.121 e. The van der Waals surface area contributed by atoms with Crippen molar-refractivity contribution in [2.45, 2.75) is 99.1 Å². The van der Waals surface area contributed by atoms with Crippen LogP contribution in [-0.4, -0.2) is 14.5 Å². The van der Waals surface area contributed by atoms with Crippen molar-refractivity contribution >= 4 is 54.5 Å². The number of pyridine rings is 1. The van der Waals surface area contributed by atoms with Gasteiger partial charge in [0.05, 0.1) is 22.4 Å². The van der Waals surface area contributed by atoms with Gasteiger partial charge in [0.1, 0.15) is 5.58 Å². The van der Waals surface area contributed by atoms with Crippen LogP contribution in [-0.2, 0) is 25.5 Å². The van der Waals surface area contributed by atoms with E-state index in [2.05, 4.69) is 74.3 Å². The third-order valence-corrected chi connectivity index (χ3v) is 13.1. The van der Waals surface area contributed by atoms with Crippen LogP contribution in [0.1, 0.15) is 126 Å². The molecule has 0 spiro atoms. The normalized spacial score (nSPS) is 14.6. The Bertz CT molecular complexity index is 4060. The number of rotatable bonds is 7. The number of fused-ring (bicyclic) bond motifs is 7. The van der Waals surface area contributed by atoms with Crippen molar-refractivity contribution in [2.24, 2.45) is 0 Å². The van der Waals surface area contributed by atoms with Crippen molar-refractivity contribution in [1.29, 1.82) is 0 Å². The second kappa shape index (κ2) is 19.3. The molecule has 0 atom stereocenters. The number of imidazole rings is 1. The predicted octanol–water partition coefficient (Wildman–Crippen LogP) is 18.2. The van der Waals surface area contributed by atoms with Gasteiger partial charge in [-0.25, -0.2) is 0 Å². The summed E-state index contributed by atoms with van der Waals surface area (Å²) in [6, 6.07) is 53.1. The third kappa shape index (κ3) is 8.91. The fourth-order valence-electron chi connectivity index (χ4n) is 9.56. The summed E-state index contributed by atoms with van der Waals surface area (Å²) in [6.07, 6.45) is 1.76. The van der Waals surface area contributed by atoms with Crippen LogP contribution in [0.2, 0.25) is 0 Å². The minimum atomic E-state index is -2.48. The number of nitrogens with zero attached hydrogens (tertiary/aromatic N) is 3. The minimum Gasteiger partial charge on any atom is -0.501 e. The number of para-hydroxylation sites is 1. The predicted molar refractivity (Wildman–Crippen MR) is 292 cm³/mol. The Kier molecular flexibility index (Phi) is 10.5. The molecule has 0 fully saturated rings. The molecule has 0 saturated heterocycles. The molecule has 0 saturated carbocycles. The van der Waals surface area contributed by atoms with Crippen LogP contribution in [0.4, 0.5) is 0 Å². The Labute approximate surface area is 439 Å². The van der Waals surface area contributed by atoms with Crippen LogP contribution < -0.4 is 0 Å². The number of aryl methyl sites for hydroxylation is 2.